The van der Waals surface area contributed by atoms with Crippen molar-refractivity contribution in [3.05, 3.63) is 84.5 Å². The van der Waals surface area contributed by atoms with Gasteiger partial charge in [0.15, 0.2) is 0 Å². The van der Waals surface area contributed by atoms with E-state index in [-0.39, 0.29) is 0 Å². The van der Waals surface area contributed by atoms with Crippen LogP contribution < -0.4 is 10.1 Å². The molecular formula is C22H23NO4. The lowest BCUT2D eigenvalue weighted by atomic mass is 10.1. The minimum Gasteiger partial charge on any atom is -0.492 e. The van der Waals surface area contributed by atoms with Crippen molar-refractivity contribution in [2.75, 3.05) is 11.9 Å². The summed E-state index contributed by atoms with van der Waals surface area (Å²) in [7, 11) is 0. The third-order valence-corrected chi connectivity index (χ3v) is 3.56. The minimum absolute atomic E-state index is 0.457. The van der Waals surface area contributed by atoms with Gasteiger partial charge in [0.2, 0.25) is 6.10 Å². The molecule has 0 saturated heterocycles. The summed E-state index contributed by atoms with van der Waals surface area (Å²) in [6.45, 7) is 4.18. The maximum absolute atomic E-state index is 12.9. The van der Waals surface area contributed by atoms with Gasteiger partial charge >= 0.3 is 5.97 Å². The quantitative estimate of drug-likeness (QED) is 0.427. The number of para-hydroxylation sites is 2. The van der Waals surface area contributed by atoms with E-state index in [1.54, 1.807) is 60.7 Å². The molecule has 1 atom stereocenters. The summed E-state index contributed by atoms with van der Waals surface area (Å²) >= 11 is 0. The summed E-state index contributed by atoms with van der Waals surface area (Å²) in [5.74, 6) is -0.504. The van der Waals surface area contributed by atoms with Gasteiger partial charge in [-0.15, -0.1) is 0 Å². The molecule has 1 N–H and O–H groups in total. The fraction of sp³-hybridized carbons (Fsp3) is 0.182. The highest BCUT2D eigenvalue weighted by atomic mass is 16.5. The number of carbonyl (C=O) groups excluding carboxylic acids is 2. The summed E-state index contributed by atoms with van der Waals surface area (Å²) in [4.78, 5) is 24.9. The molecule has 140 valence electrons. The molecule has 0 aromatic heterocycles. The van der Waals surface area contributed by atoms with Gasteiger partial charge in [0, 0.05) is 11.6 Å². The molecule has 1 unspecified atom stereocenters. The van der Waals surface area contributed by atoms with Gasteiger partial charge in [-0.25, -0.2) is 4.79 Å². The van der Waals surface area contributed by atoms with Crippen molar-refractivity contribution in [3.8, 4) is 5.75 Å². The summed E-state index contributed by atoms with van der Waals surface area (Å²) in [5, 5.41) is 2.79. The predicted octanol–water partition coefficient (Wildman–Crippen LogP) is 4.44. The number of rotatable bonds is 8. The molecule has 0 radical (unpaired) electrons. The molecule has 0 bridgehead atoms. The molecule has 0 aliphatic carbocycles. The first-order valence-corrected chi connectivity index (χ1v) is 8.73. The van der Waals surface area contributed by atoms with Crippen molar-refractivity contribution in [1.29, 1.82) is 0 Å². The number of nitrogens with one attached hydrogen (secondary N) is 1. The molecule has 0 aliphatic rings. The van der Waals surface area contributed by atoms with Crippen LogP contribution in [0.5, 0.6) is 5.75 Å². The van der Waals surface area contributed by atoms with Gasteiger partial charge in [-0.3, -0.25) is 4.79 Å². The smallest absolute Gasteiger partial charge is 0.331 e. The van der Waals surface area contributed by atoms with E-state index in [4.69, 9.17) is 9.47 Å². The highest BCUT2D eigenvalue weighted by Crippen LogP contribution is 2.26. The summed E-state index contributed by atoms with van der Waals surface area (Å²) in [6, 6.07) is 16.0. The van der Waals surface area contributed by atoms with Crippen LogP contribution in [0.4, 0.5) is 5.69 Å². The Balaban J connectivity index is 2.23. The van der Waals surface area contributed by atoms with Crippen molar-refractivity contribution in [3.63, 3.8) is 0 Å². The molecule has 0 aliphatic heterocycles. The van der Waals surface area contributed by atoms with Gasteiger partial charge in [-0.2, -0.15) is 0 Å². The van der Waals surface area contributed by atoms with Gasteiger partial charge < -0.3 is 14.8 Å². The highest BCUT2D eigenvalue weighted by Gasteiger charge is 2.25. The third kappa shape index (κ3) is 6.15. The zero-order chi connectivity index (χ0) is 19.5. The molecule has 2 rings (SSSR count). The van der Waals surface area contributed by atoms with E-state index in [9.17, 15) is 9.59 Å². The summed E-state index contributed by atoms with van der Waals surface area (Å²) < 4.78 is 10.9. The number of hydrogen-bond acceptors (Lipinski definition) is 4. The minimum atomic E-state index is -1.08. The van der Waals surface area contributed by atoms with E-state index < -0.39 is 18.0 Å². The van der Waals surface area contributed by atoms with Crippen molar-refractivity contribution in [1.82, 2.24) is 0 Å². The van der Waals surface area contributed by atoms with Gasteiger partial charge in [0.1, 0.15) is 5.75 Å². The lowest BCUT2D eigenvalue weighted by molar-refractivity contribution is -0.149. The van der Waals surface area contributed by atoms with E-state index in [0.29, 0.717) is 23.6 Å². The molecule has 2 aromatic rings. The number of ether oxygens (including phenoxy) is 2. The number of amides is 1. The molecule has 1 amide bonds. The fourth-order valence-corrected chi connectivity index (χ4v) is 2.35. The molecule has 5 heteroatoms. The van der Waals surface area contributed by atoms with Gasteiger partial charge in [0.25, 0.3) is 5.91 Å². The van der Waals surface area contributed by atoms with E-state index >= 15 is 0 Å². The standard InChI is InChI=1S/C22H23NO4/c1-3-5-7-16-20(24)27-21(17-12-8-6-9-13-17)22(25)23-18-14-10-11-15-19(18)26-4-2/h3,5-16,21H,4H2,1-2H3,(H,23,25)/b5-3+,16-7+. The molecular weight excluding hydrogens is 342 g/mol. The molecule has 0 saturated carbocycles. The average Bonchev–Trinajstić information content (AvgIpc) is 2.68. The Morgan fingerprint density at radius 2 is 1.74 bits per heavy atom. The Bertz CT molecular complexity index is 812. The maximum atomic E-state index is 12.9. The molecule has 0 fully saturated rings. The van der Waals surface area contributed by atoms with Crippen molar-refractivity contribution in [2.45, 2.75) is 20.0 Å². The van der Waals surface area contributed by atoms with Crippen molar-refractivity contribution in [2.24, 2.45) is 0 Å². The second-order valence-corrected chi connectivity index (χ2v) is 5.53. The predicted molar refractivity (Wildman–Crippen MR) is 105 cm³/mol. The maximum Gasteiger partial charge on any atom is 0.331 e. The monoisotopic (exact) mass is 365 g/mol. The second-order valence-electron chi connectivity index (χ2n) is 5.53. The lowest BCUT2D eigenvalue weighted by Gasteiger charge is -2.18. The average molecular weight is 365 g/mol. The van der Waals surface area contributed by atoms with Crippen LogP contribution in [0.25, 0.3) is 0 Å². The van der Waals surface area contributed by atoms with Gasteiger partial charge in [-0.05, 0) is 26.0 Å². The third-order valence-electron chi connectivity index (χ3n) is 3.56. The zero-order valence-corrected chi connectivity index (χ0v) is 15.4. The number of carbonyl (C=O) groups is 2. The van der Waals surface area contributed by atoms with Crippen LogP contribution in [0.2, 0.25) is 0 Å². The van der Waals surface area contributed by atoms with E-state index in [1.807, 2.05) is 26.0 Å². The van der Waals surface area contributed by atoms with Crippen LogP contribution in [0.3, 0.4) is 0 Å². The fourth-order valence-electron chi connectivity index (χ4n) is 2.35. The van der Waals surface area contributed by atoms with E-state index in [0.717, 1.165) is 0 Å². The van der Waals surface area contributed by atoms with Crippen LogP contribution in [-0.4, -0.2) is 18.5 Å². The first-order chi connectivity index (χ1) is 13.2. The molecule has 5 nitrogen and oxygen atoms in total. The van der Waals surface area contributed by atoms with Crippen LogP contribution >= 0.6 is 0 Å². The Labute approximate surface area is 159 Å². The second kappa shape index (κ2) is 10.6. The number of esters is 1. The van der Waals surface area contributed by atoms with Gasteiger partial charge in [-0.1, -0.05) is 60.7 Å². The number of allylic oxidation sites excluding steroid dienone is 3. The summed E-state index contributed by atoms with van der Waals surface area (Å²) in [5.41, 5.74) is 1.10. The van der Waals surface area contributed by atoms with E-state index in [1.165, 1.54) is 6.08 Å². The lowest BCUT2D eigenvalue weighted by Crippen LogP contribution is -2.25. The van der Waals surface area contributed by atoms with E-state index in [2.05, 4.69) is 5.32 Å². The Morgan fingerprint density at radius 1 is 1.04 bits per heavy atom. The van der Waals surface area contributed by atoms with Crippen LogP contribution in [0.15, 0.2) is 78.9 Å². The topological polar surface area (TPSA) is 64.6 Å². The zero-order valence-electron chi connectivity index (χ0n) is 15.4. The van der Waals surface area contributed by atoms with Crippen molar-refractivity contribution >= 4 is 17.6 Å². The number of benzene rings is 2. The first kappa shape index (κ1) is 20.0. The normalized spacial score (nSPS) is 12.1. The van der Waals surface area contributed by atoms with Crippen LogP contribution in [0, 0.1) is 0 Å². The SMILES string of the molecule is C/C=C/C=C/C(=O)OC(C(=O)Nc1ccccc1OCC)c1ccccc1. The first-order valence-electron chi connectivity index (χ1n) is 8.73. The summed E-state index contributed by atoms with van der Waals surface area (Å²) in [6.07, 6.45) is 5.25. The molecule has 0 heterocycles. The molecule has 27 heavy (non-hydrogen) atoms. The Kier molecular flexibility index (Phi) is 7.85. The van der Waals surface area contributed by atoms with Crippen LogP contribution in [0.1, 0.15) is 25.5 Å². The van der Waals surface area contributed by atoms with Gasteiger partial charge in [0.05, 0.1) is 12.3 Å². The highest BCUT2D eigenvalue weighted by molar-refractivity contribution is 5.97. The molecule has 2 aromatic carbocycles. The largest absolute Gasteiger partial charge is 0.492 e. The number of hydrogen-bond donors (Lipinski definition) is 1. The number of anilines is 1. The molecule has 0 spiro atoms. The van der Waals surface area contributed by atoms with Crippen molar-refractivity contribution < 1.29 is 19.1 Å². The Hall–Kier alpha value is -3.34. The Morgan fingerprint density at radius 3 is 2.44 bits per heavy atom. The van der Waals surface area contributed by atoms with Crippen LogP contribution in [-0.2, 0) is 14.3 Å².